The summed E-state index contributed by atoms with van der Waals surface area (Å²) in [6, 6.07) is 15.4. The number of anilines is 1. The molecule has 2 aromatic rings. The minimum absolute atomic E-state index is 0.00606. The first-order valence-electron chi connectivity index (χ1n) is 8.17. The van der Waals surface area contributed by atoms with Gasteiger partial charge in [-0.2, -0.15) is 0 Å². The molecule has 0 unspecified atom stereocenters. The van der Waals surface area contributed by atoms with E-state index in [0.29, 0.717) is 12.4 Å². The van der Waals surface area contributed by atoms with Crippen LogP contribution in [0, 0.1) is 3.57 Å². The molecular weight excluding hydrogens is 449 g/mol. The van der Waals surface area contributed by atoms with E-state index >= 15 is 0 Å². The van der Waals surface area contributed by atoms with Crippen molar-refractivity contribution in [2.75, 3.05) is 30.0 Å². The van der Waals surface area contributed by atoms with Gasteiger partial charge in [-0.3, -0.25) is 4.79 Å². The number of carbonyl (C=O) groups excluding carboxylic acids is 1. The number of para-hydroxylation sites is 1. The lowest BCUT2D eigenvalue weighted by Crippen LogP contribution is -2.15. The molecule has 0 saturated carbocycles. The van der Waals surface area contributed by atoms with E-state index in [4.69, 9.17) is 9.47 Å². The number of thioether (sulfide) groups is 1. The molecule has 2 rings (SSSR count). The number of nitrogens with one attached hydrogen (secondary N) is 1. The highest BCUT2D eigenvalue weighted by molar-refractivity contribution is 14.1. The van der Waals surface area contributed by atoms with Gasteiger partial charge in [0.2, 0.25) is 5.91 Å². The van der Waals surface area contributed by atoms with Crippen LogP contribution < -0.4 is 14.8 Å². The highest BCUT2D eigenvalue weighted by atomic mass is 127. The number of ether oxygens (including phenoxy) is 2. The highest BCUT2D eigenvalue weighted by Gasteiger charge is 2.05. The van der Waals surface area contributed by atoms with Crippen molar-refractivity contribution >= 4 is 45.9 Å². The van der Waals surface area contributed by atoms with Gasteiger partial charge in [0.25, 0.3) is 0 Å². The summed E-state index contributed by atoms with van der Waals surface area (Å²) in [6.45, 7) is 3.37. The Hall–Kier alpha value is -1.41. The number of rotatable bonds is 10. The molecular formula is C19H22INO3S. The third-order valence-corrected chi connectivity index (χ3v) is 5.04. The number of hydrogen-bond acceptors (Lipinski definition) is 4. The number of hydrogen-bond donors (Lipinski definition) is 1. The molecule has 0 spiro atoms. The van der Waals surface area contributed by atoms with E-state index in [1.807, 2.05) is 48.5 Å². The SMILES string of the molecule is CCCOc1ccc(OCCSCC(=O)Nc2ccccc2I)cc1. The van der Waals surface area contributed by atoms with Gasteiger partial charge < -0.3 is 14.8 Å². The van der Waals surface area contributed by atoms with E-state index < -0.39 is 0 Å². The lowest BCUT2D eigenvalue weighted by atomic mass is 10.3. The molecule has 0 bridgehead atoms. The third-order valence-electron chi connectivity index (χ3n) is 3.17. The topological polar surface area (TPSA) is 47.6 Å². The molecule has 134 valence electrons. The molecule has 0 aliphatic carbocycles. The van der Waals surface area contributed by atoms with Crippen molar-refractivity contribution in [2.45, 2.75) is 13.3 Å². The van der Waals surface area contributed by atoms with Gasteiger partial charge in [-0.25, -0.2) is 0 Å². The fourth-order valence-corrected chi connectivity index (χ4v) is 3.11. The summed E-state index contributed by atoms with van der Waals surface area (Å²) in [5.41, 5.74) is 0.857. The zero-order valence-electron chi connectivity index (χ0n) is 14.2. The number of amides is 1. The van der Waals surface area contributed by atoms with Crippen LogP contribution in [0.15, 0.2) is 48.5 Å². The second-order valence-corrected chi connectivity index (χ2v) is 7.52. The predicted octanol–water partition coefficient (Wildman–Crippen LogP) is 4.83. The second-order valence-electron chi connectivity index (χ2n) is 5.25. The minimum atomic E-state index is 0.00606. The third kappa shape index (κ3) is 7.56. The zero-order chi connectivity index (χ0) is 17.9. The summed E-state index contributed by atoms with van der Waals surface area (Å²) in [5.74, 6) is 2.85. The fourth-order valence-electron chi connectivity index (χ4n) is 1.98. The first kappa shape index (κ1) is 19.9. The Morgan fingerprint density at radius 3 is 2.32 bits per heavy atom. The van der Waals surface area contributed by atoms with E-state index in [1.165, 1.54) is 0 Å². The smallest absolute Gasteiger partial charge is 0.234 e. The quantitative estimate of drug-likeness (QED) is 0.399. The highest BCUT2D eigenvalue weighted by Crippen LogP contribution is 2.19. The Balaban J connectivity index is 1.61. The average molecular weight is 471 g/mol. The normalized spacial score (nSPS) is 10.3. The number of benzene rings is 2. The van der Waals surface area contributed by atoms with Crippen LogP contribution in [0.2, 0.25) is 0 Å². The first-order valence-corrected chi connectivity index (χ1v) is 10.4. The van der Waals surface area contributed by atoms with Gasteiger partial charge in [0.05, 0.1) is 24.7 Å². The van der Waals surface area contributed by atoms with Crippen molar-refractivity contribution in [3.8, 4) is 11.5 Å². The Bertz CT molecular complexity index is 664. The first-order chi connectivity index (χ1) is 12.2. The molecule has 0 aromatic heterocycles. The van der Waals surface area contributed by atoms with Crippen LogP contribution in [-0.4, -0.2) is 30.6 Å². The lowest BCUT2D eigenvalue weighted by Gasteiger charge is -2.09. The Labute approximate surface area is 166 Å². The zero-order valence-corrected chi connectivity index (χ0v) is 17.1. The molecule has 25 heavy (non-hydrogen) atoms. The van der Waals surface area contributed by atoms with E-state index in [0.717, 1.165) is 39.5 Å². The van der Waals surface area contributed by atoms with Gasteiger partial charge in [-0.1, -0.05) is 19.1 Å². The van der Waals surface area contributed by atoms with Crippen molar-refractivity contribution in [1.29, 1.82) is 0 Å². The molecule has 0 heterocycles. The van der Waals surface area contributed by atoms with Gasteiger partial charge in [0.15, 0.2) is 0 Å². The van der Waals surface area contributed by atoms with Crippen LogP contribution in [0.3, 0.4) is 0 Å². The summed E-state index contributed by atoms with van der Waals surface area (Å²) in [7, 11) is 0. The largest absolute Gasteiger partial charge is 0.494 e. The molecule has 6 heteroatoms. The summed E-state index contributed by atoms with van der Waals surface area (Å²) >= 11 is 3.77. The van der Waals surface area contributed by atoms with Crippen LogP contribution in [0.1, 0.15) is 13.3 Å². The van der Waals surface area contributed by atoms with Crippen molar-refractivity contribution < 1.29 is 14.3 Å². The van der Waals surface area contributed by atoms with Crippen LogP contribution in [0.4, 0.5) is 5.69 Å². The molecule has 0 saturated heterocycles. The number of halogens is 1. The molecule has 0 atom stereocenters. The monoisotopic (exact) mass is 471 g/mol. The Morgan fingerprint density at radius 2 is 1.68 bits per heavy atom. The molecule has 0 fully saturated rings. The molecule has 2 aromatic carbocycles. The Morgan fingerprint density at radius 1 is 1.04 bits per heavy atom. The van der Waals surface area contributed by atoms with Crippen molar-refractivity contribution in [3.63, 3.8) is 0 Å². The summed E-state index contributed by atoms with van der Waals surface area (Å²) in [5, 5.41) is 2.92. The minimum Gasteiger partial charge on any atom is -0.494 e. The van der Waals surface area contributed by atoms with Gasteiger partial charge in [0, 0.05) is 9.32 Å². The maximum absolute atomic E-state index is 11.9. The maximum atomic E-state index is 11.9. The Kier molecular flexibility index (Phi) is 8.96. The van der Waals surface area contributed by atoms with E-state index in [2.05, 4.69) is 34.8 Å². The summed E-state index contributed by atoms with van der Waals surface area (Å²) < 4.78 is 12.2. The van der Waals surface area contributed by atoms with Crippen molar-refractivity contribution in [3.05, 3.63) is 52.1 Å². The lowest BCUT2D eigenvalue weighted by molar-refractivity contribution is -0.113. The maximum Gasteiger partial charge on any atom is 0.234 e. The van der Waals surface area contributed by atoms with Crippen LogP contribution >= 0.6 is 34.4 Å². The van der Waals surface area contributed by atoms with Crippen LogP contribution in [0.5, 0.6) is 11.5 Å². The molecule has 0 aliphatic rings. The van der Waals surface area contributed by atoms with Gasteiger partial charge in [0.1, 0.15) is 11.5 Å². The molecule has 1 amide bonds. The second kappa shape index (κ2) is 11.3. The van der Waals surface area contributed by atoms with Crippen LogP contribution in [-0.2, 0) is 4.79 Å². The van der Waals surface area contributed by atoms with E-state index in [9.17, 15) is 4.79 Å². The van der Waals surface area contributed by atoms with Gasteiger partial charge in [-0.05, 0) is 65.4 Å². The van der Waals surface area contributed by atoms with Crippen LogP contribution in [0.25, 0.3) is 0 Å². The summed E-state index contributed by atoms with van der Waals surface area (Å²) in [6.07, 6.45) is 0.993. The average Bonchev–Trinajstić information content (AvgIpc) is 2.62. The predicted molar refractivity (Wildman–Crippen MR) is 113 cm³/mol. The van der Waals surface area contributed by atoms with Crippen molar-refractivity contribution in [2.24, 2.45) is 0 Å². The fraction of sp³-hybridized carbons (Fsp3) is 0.316. The summed E-state index contributed by atoms with van der Waals surface area (Å²) in [4.78, 5) is 11.9. The van der Waals surface area contributed by atoms with Crippen molar-refractivity contribution in [1.82, 2.24) is 0 Å². The molecule has 1 N–H and O–H groups in total. The number of carbonyl (C=O) groups is 1. The van der Waals surface area contributed by atoms with Gasteiger partial charge >= 0.3 is 0 Å². The molecule has 0 radical (unpaired) electrons. The van der Waals surface area contributed by atoms with Gasteiger partial charge in [-0.15, -0.1) is 11.8 Å². The molecule has 0 aliphatic heterocycles. The molecule has 4 nitrogen and oxygen atoms in total. The van der Waals surface area contributed by atoms with E-state index in [1.54, 1.807) is 11.8 Å². The standard InChI is InChI=1S/C19H22INO3S/c1-2-11-23-15-7-9-16(10-8-15)24-12-13-25-14-19(22)21-18-6-4-3-5-17(18)20/h3-10H,2,11-14H2,1H3,(H,21,22). The van der Waals surface area contributed by atoms with E-state index in [-0.39, 0.29) is 5.91 Å².